The van der Waals surface area contributed by atoms with Crippen LogP contribution in [0.1, 0.15) is 31.4 Å². The molecule has 1 unspecified atom stereocenters. The smallest absolute Gasteiger partial charge is 0.174 e. The molecule has 0 aliphatic carbocycles. The summed E-state index contributed by atoms with van der Waals surface area (Å²) in [5, 5.41) is 12.0. The van der Waals surface area contributed by atoms with Gasteiger partial charge in [-0.1, -0.05) is 12.1 Å². The molecule has 1 atom stereocenters. The van der Waals surface area contributed by atoms with E-state index in [1.807, 2.05) is 30.3 Å². The van der Waals surface area contributed by atoms with Gasteiger partial charge in [0, 0.05) is 6.04 Å². The van der Waals surface area contributed by atoms with E-state index in [1.54, 1.807) is 0 Å². The second-order valence-corrected chi connectivity index (χ2v) is 5.20. The average molecular weight is 275 g/mol. The number of rotatable bonds is 9. The molecule has 0 amide bonds. The van der Waals surface area contributed by atoms with Gasteiger partial charge in [0.2, 0.25) is 0 Å². The summed E-state index contributed by atoms with van der Waals surface area (Å²) in [7, 11) is 4.21. The van der Waals surface area contributed by atoms with Gasteiger partial charge in [0.05, 0.1) is 0 Å². The second-order valence-electron chi connectivity index (χ2n) is 5.20. The van der Waals surface area contributed by atoms with Crippen LogP contribution in [0.3, 0.4) is 0 Å². The van der Waals surface area contributed by atoms with Crippen LogP contribution in [-0.2, 0) is 0 Å². The molecule has 0 saturated carbocycles. The highest BCUT2D eigenvalue weighted by Crippen LogP contribution is 2.17. The zero-order valence-electron chi connectivity index (χ0n) is 12.7. The lowest BCUT2D eigenvalue weighted by molar-refractivity contribution is 0.368. The van der Waals surface area contributed by atoms with E-state index < -0.39 is 0 Å². The second kappa shape index (κ2) is 9.35. The summed E-state index contributed by atoms with van der Waals surface area (Å²) < 4.78 is 5.24. The van der Waals surface area contributed by atoms with Gasteiger partial charge in [-0.2, -0.15) is 5.26 Å². The van der Waals surface area contributed by atoms with Crippen molar-refractivity contribution in [1.82, 2.24) is 10.2 Å². The molecule has 0 bridgehead atoms. The van der Waals surface area contributed by atoms with E-state index in [1.165, 1.54) is 18.4 Å². The summed E-state index contributed by atoms with van der Waals surface area (Å²) in [4.78, 5) is 2.21. The van der Waals surface area contributed by atoms with Gasteiger partial charge < -0.3 is 15.0 Å². The Bertz CT molecular complexity index is 409. The zero-order valence-corrected chi connectivity index (χ0v) is 12.7. The third-order valence-electron chi connectivity index (χ3n) is 3.17. The van der Waals surface area contributed by atoms with E-state index in [9.17, 15) is 0 Å². The molecule has 1 rings (SSSR count). The van der Waals surface area contributed by atoms with E-state index in [2.05, 4.69) is 31.2 Å². The number of nitriles is 1. The Hall–Kier alpha value is -1.57. The van der Waals surface area contributed by atoms with Crippen molar-refractivity contribution in [3.05, 3.63) is 29.8 Å². The predicted octanol–water partition coefficient (Wildman–Crippen LogP) is 2.58. The molecule has 0 aliphatic rings. The number of benzene rings is 1. The summed E-state index contributed by atoms with van der Waals surface area (Å²) in [5.41, 5.74) is 1.24. The molecule has 0 radical (unpaired) electrons. The lowest BCUT2D eigenvalue weighted by Gasteiger charge is -2.15. The van der Waals surface area contributed by atoms with Gasteiger partial charge >= 0.3 is 0 Å². The Kier molecular flexibility index (Phi) is 7.71. The Balaban J connectivity index is 2.29. The first-order valence-electron chi connectivity index (χ1n) is 7.11. The van der Waals surface area contributed by atoms with E-state index in [-0.39, 0.29) is 6.61 Å². The minimum atomic E-state index is 0.0963. The third-order valence-corrected chi connectivity index (χ3v) is 3.17. The Morgan fingerprint density at radius 1 is 1.25 bits per heavy atom. The molecule has 1 aromatic carbocycles. The summed E-state index contributed by atoms with van der Waals surface area (Å²) in [5.74, 6) is 0.744. The van der Waals surface area contributed by atoms with E-state index >= 15 is 0 Å². The number of unbranched alkanes of at least 4 members (excludes halogenated alkanes) is 1. The maximum atomic E-state index is 8.46. The van der Waals surface area contributed by atoms with Crippen LogP contribution in [0.5, 0.6) is 5.75 Å². The van der Waals surface area contributed by atoms with Crippen molar-refractivity contribution in [3.8, 4) is 11.8 Å². The first-order chi connectivity index (χ1) is 9.63. The number of hydrogen-bond donors (Lipinski definition) is 1. The van der Waals surface area contributed by atoms with Crippen LogP contribution in [0.25, 0.3) is 0 Å². The standard InChI is InChI=1S/C16H25N3O/c1-14(18-11-4-5-12-19(2)3)15-6-8-16(9-7-15)20-13-10-17/h6-9,14,18H,4-5,11-13H2,1-3H3. The van der Waals surface area contributed by atoms with Crippen LogP contribution >= 0.6 is 0 Å². The lowest BCUT2D eigenvalue weighted by Crippen LogP contribution is -2.21. The van der Waals surface area contributed by atoms with Crippen molar-refractivity contribution in [2.24, 2.45) is 0 Å². The van der Waals surface area contributed by atoms with E-state index in [0.29, 0.717) is 6.04 Å². The molecular weight excluding hydrogens is 250 g/mol. The Morgan fingerprint density at radius 2 is 1.95 bits per heavy atom. The van der Waals surface area contributed by atoms with Gasteiger partial charge in [0.15, 0.2) is 6.61 Å². The minimum Gasteiger partial charge on any atom is -0.479 e. The quantitative estimate of drug-likeness (QED) is 0.704. The lowest BCUT2D eigenvalue weighted by atomic mass is 10.1. The molecule has 0 aromatic heterocycles. The number of hydrogen-bond acceptors (Lipinski definition) is 4. The molecule has 110 valence electrons. The highest BCUT2D eigenvalue weighted by atomic mass is 16.5. The Morgan fingerprint density at radius 3 is 2.55 bits per heavy atom. The van der Waals surface area contributed by atoms with Gasteiger partial charge in [-0.25, -0.2) is 0 Å². The average Bonchev–Trinajstić information content (AvgIpc) is 2.44. The number of ether oxygens (including phenoxy) is 1. The van der Waals surface area contributed by atoms with Crippen LogP contribution in [0.2, 0.25) is 0 Å². The van der Waals surface area contributed by atoms with Crippen LogP contribution in [-0.4, -0.2) is 38.7 Å². The summed E-state index contributed by atoms with van der Waals surface area (Å²) in [6.45, 7) is 4.43. The van der Waals surface area contributed by atoms with Crippen molar-refractivity contribution in [3.63, 3.8) is 0 Å². The largest absolute Gasteiger partial charge is 0.479 e. The monoisotopic (exact) mass is 275 g/mol. The SMILES string of the molecule is CC(NCCCCN(C)C)c1ccc(OCC#N)cc1. The highest BCUT2D eigenvalue weighted by molar-refractivity contribution is 5.29. The normalized spacial score (nSPS) is 12.2. The zero-order chi connectivity index (χ0) is 14.8. The van der Waals surface area contributed by atoms with Gasteiger partial charge in [-0.15, -0.1) is 0 Å². The molecule has 0 heterocycles. The van der Waals surface area contributed by atoms with Crippen molar-refractivity contribution in [2.75, 3.05) is 33.8 Å². The molecule has 0 spiro atoms. The first kappa shape index (κ1) is 16.5. The fourth-order valence-corrected chi connectivity index (χ4v) is 1.96. The molecule has 0 aliphatic heterocycles. The number of nitrogens with one attached hydrogen (secondary N) is 1. The molecular formula is C16H25N3O. The number of nitrogens with zero attached hydrogens (tertiary/aromatic N) is 2. The van der Waals surface area contributed by atoms with Crippen molar-refractivity contribution in [1.29, 1.82) is 5.26 Å². The molecule has 4 nitrogen and oxygen atoms in total. The summed E-state index contributed by atoms with van der Waals surface area (Å²) in [6.07, 6.45) is 2.40. The maximum absolute atomic E-state index is 8.46. The fraction of sp³-hybridized carbons (Fsp3) is 0.562. The molecule has 0 saturated heterocycles. The fourth-order valence-electron chi connectivity index (χ4n) is 1.96. The Labute approximate surface area is 122 Å². The van der Waals surface area contributed by atoms with Gasteiger partial charge in [-0.3, -0.25) is 0 Å². The van der Waals surface area contributed by atoms with Crippen LogP contribution < -0.4 is 10.1 Å². The topological polar surface area (TPSA) is 48.3 Å². The molecule has 0 fully saturated rings. The molecule has 20 heavy (non-hydrogen) atoms. The maximum Gasteiger partial charge on any atom is 0.174 e. The van der Waals surface area contributed by atoms with E-state index in [0.717, 1.165) is 18.8 Å². The molecule has 4 heteroatoms. The van der Waals surface area contributed by atoms with Gasteiger partial charge in [0.1, 0.15) is 11.8 Å². The predicted molar refractivity (Wildman–Crippen MR) is 81.8 cm³/mol. The van der Waals surface area contributed by atoms with Crippen molar-refractivity contribution in [2.45, 2.75) is 25.8 Å². The summed E-state index contributed by atoms with van der Waals surface area (Å²) in [6, 6.07) is 10.2. The van der Waals surface area contributed by atoms with Crippen LogP contribution in [0.15, 0.2) is 24.3 Å². The van der Waals surface area contributed by atoms with Gasteiger partial charge in [0.25, 0.3) is 0 Å². The molecule has 1 N–H and O–H groups in total. The van der Waals surface area contributed by atoms with Gasteiger partial charge in [-0.05, 0) is 64.6 Å². The molecule has 1 aromatic rings. The van der Waals surface area contributed by atoms with Crippen LogP contribution in [0.4, 0.5) is 0 Å². The van der Waals surface area contributed by atoms with Crippen LogP contribution in [0, 0.1) is 11.3 Å². The van der Waals surface area contributed by atoms with Crippen molar-refractivity contribution < 1.29 is 4.74 Å². The summed E-state index contributed by atoms with van der Waals surface area (Å²) >= 11 is 0. The van der Waals surface area contributed by atoms with Crippen molar-refractivity contribution >= 4 is 0 Å². The minimum absolute atomic E-state index is 0.0963. The third kappa shape index (κ3) is 6.55. The van der Waals surface area contributed by atoms with E-state index in [4.69, 9.17) is 10.00 Å². The highest BCUT2D eigenvalue weighted by Gasteiger charge is 2.04. The first-order valence-corrected chi connectivity index (χ1v) is 7.11.